The molecule has 1 aromatic heterocycles. The minimum absolute atomic E-state index is 0.0347. The summed E-state index contributed by atoms with van der Waals surface area (Å²) in [6, 6.07) is 21.2. The van der Waals surface area contributed by atoms with Crippen LogP contribution in [0.2, 0.25) is 0 Å². The van der Waals surface area contributed by atoms with E-state index in [4.69, 9.17) is 4.74 Å². The molecule has 4 nitrogen and oxygen atoms in total. The molecule has 0 saturated heterocycles. The van der Waals surface area contributed by atoms with Crippen LogP contribution < -0.4 is 4.74 Å². The van der Waals surface area contributed by atoms with Crippen LogP contribution >= 0.6 is 0 Å². The third-order valence-electron chi connectivity index (χ3n) is 5.24. The molecule has 3 rings (SSSR count). The van der Waals surface area contributed by atoms with E-state index in [0.717, 1.165) is 23.4 Å². The molecule has 4 heteroatoms. The molecule has 0 radical (unpaired) electrons. The summed E-state index contributed by atoms with van der Waals surface area (Å²) in [5.74, 6) is 0.0334. The second-order valence-electron chi connectivity index (χ2n) is 8.56. The van der Waals surface area contributed by atoms with Gasteiger partial charge in [0.1, 0.15) is 11.9 Å². The first kappa shape index (κ1) is 21.6. The van der Waals surface area contributed by atoms with E-state index in [1.807, 2.05) is 42.5 Å². The standard InChI is InChI=1S/C26H29NO3/c1-5-23(22-8-6-7-17-27-22)30-21-15-13-19(14-16-21)24(26(2,3)4)18-9-11-20(12-10-18)25(28)29/h6-17,23-24H,5H2,1-4H3,(H,28,29). The zero-order valence-corrected chi connectivity index (χ0v) is 18.0. The van der Waals surface area contributed by atoms with Gasteiger partial charge in [0.2, 0.25) is 0 Å². The van der Waals surface area contributed by atoms with E-state index >= 15 is 0 Å². The molecule has 0 bridgehead atoms. The number of carboxylic acid groups (broad SMARTS) is 1. The van der Waals surface area contributed by atoms with Crippen molar-refractivity contribution < 1.29 is 14.6 Å². The summed E-state index contributed by atoms with van der Waals surface area (Å²) in [6.45, 7) is 8.67. The number of rotatable bonds is 7. The maximum Gasteiger partial charge on any atom is 0.335 e. The van der Waals surface area contributed by atoms with E-state index < -0.39 is 5.97 Å². The lowest BCUT2D eigenvalue weighted by Crippen LogP contribution is -2.20. The predicted octanol–water partition coefficient (Wildman–Crippen LogP) is 6.49. The molecule has 3 aromatic rings. The van der Waals surface area contributed by atoms with Gasteiger partial charge in [0.25, 0.3) is 0 Å². The van der Waals surface area contributed by atoms with Crippen molar-refractivity contribution in [3.05, 3.63) is 95.3 Å². The van der Waals surface area contributed by atoms with Crippen LogP contribution in [0, 0.1) is 5.41 Å². The molecule has 0 aliphatic rings. The van der Waals surface area contributed by atoms with Gasteiger partial charge in [-0.25, -0.2) is 4.79 Å². The predicted molar refractivity (Wildman–Crippen MR) is 119 cm³/mol. The SMILES string of the molecule is CCC(Oc1ccc(C(c2ccc(C(=O)O)cc2)C(C)(C)C)cc1)c1ccccn1. The number of aromatic carboxylic acids is 1. The topological polar surface area (TPSA) is 59.4 Å². The Labute approximate surface area is 178 Å². The number of ether oxygens (including phenoxy) is 1. The summed E-state index contributed by atoms with van der Waals surface area (Å²) in [5, 5.41) is 9.18. The Hall–Kier alpha value is -3.14. The maximum absolute atomic E-state index is 11.2. The van der Waals surface area contributed by atoms with Gasteiger partial charge in [-0.15, -0.1) is 0 Å². The Balaban J connectivity index is 1.85. The van der Waals surface area contributed by atoms with Gasteiger partial charge in [-0.2, -0.15) is 0 Å². The maximum atomic E-state index is 11.2. The molecule has 0 fully saturated rings. The Bertz CT molecular complexity index is 958. The van der Waals surface area contributed by atoms with Gasteiger partial charge in [-0.05, 0) is 59.4 Å². The molecule has 0 spiro atoms. The molecule has 0 saturated carbocycles. The molecule has 156 valence electrons. The van der Waals surface area contributed by atoms with Crippen molar-refractivity contribution in [1.82, 2.24) is 4.98 Å². The molecule has 1 N–H and O–H groups in total. The summed E-state index contributed by atoms with van der Waals surface area (Å²) in [4.78, 5) is 15.6. The Morgan fingerprint density at radius 1 is 0.967 bits per heavy atom. The Kier molecular flexibility index (Phi) is 6.56. The average Bonchev–Trinajstić information content (AvgIpc) is 2.73. The third kappa shape index (κ3) is 5.07. The van der Waals surface area contributed by atoms with Crippen LogP contribution in [0.5, 0.6) is 5.75 Å². The van der Waals surface area contributed by atoms with Crippen molar-refractivity contribution in [2.45, 2.75) is 46.1 Å². The van der Waals surface area contributed by atoms with Crippen molar-refractivity contribution >= 4 is 5.97 Å². The highest BCUT2D eigenvalue weighted by Gasteiger charge is 2.28. The second-order valence-corrected chi connectivity index (χ2v) is 8.56. The van der Waals surface area contributed by atoms with Gasteiger partial charge >= 0.3 is 5.97 Å². The normalized spacial score (nSPS) is 13.5. The molecule has 2 unspecified atom stereocenters. The number of hydrogen-bond donors (Lipinski definition) is 1. The minimum atomic E-state index is -0.909. The summed E-state index contributed by atoms with van der Waals surface area (Å²) in [6.07, 6.45) is 2.53. The molecule has 0 aliphatic carbocycles. The fourth-order valence-electron chi connectivity index (χ4n) is 3.83. The van der Waals surface area contributed by atoms with Crippen molar-refractivity contribution in [1.29, 1.82) is 0 Å². The highest BCUT2D eigenvalue weighted by molar-refractivity contribution is 5.87. The number of nitrogens with zero attached hydrogens (tertiary/aromatic N) is 1. The first-order chi connectivity index (χ1) is 14.3. The van der Waals surface area contributed by atoms with E-state index in [1.165, 1.54) is 5.56 Å². The monoisotopic (exact) mass is 403 g/mol. The zero-order valence-electron chi connectivity index (χ0n) is 18.0. The Morgan fingerprint density at radius 2 is 1.57 bits per heavy atom. The average molecular weight is 404 g/mol. The van der Waals surface area contributed by atoms with Crippen LogP contribution in [0.1, 0.15) is 73.3 Å². The molecule has 30 heavy (non-hydrogen) atoms. The Morgan fingerprint density at radius 3 is 2.03 bits per heavy atom. The van der Waals surface area contributed by atoms with Crippen LogP contribution in [0.3, 0.4) is 0 Å². The fraction of sp³-hybridized carbons (Fsp3) is 0.308. The fourth-order valence-corrected chi connectivity index (χ4v) is 3.83. The second kappa shape index (κ2) is 9.12. The van der Waals surface area contributed by atoms with Crippen molar-refractivity contribution in [3.8, 4) is 5.75 Å². The largest absolute Gasteiger partial charge is 0.484 e. The van der Waals surface area contributed by atoms with E-state index in [-0.39, 0.29) is 17.4 Å². The smallest absolute Gasteiger partial charge is 0.335 e. The summed E-state index contributed by atoms with van der Waals surface area (Å²) in [7, 11) is 0. The highest BCUT2D eigenvalue weighted by Crippen LogP contribution is 2.41. The molecule has 0 aliphatic heterocycles. The van der Waals surface area contributed by atoms with Gasteiger partial charge in [0.05, 0.1) is 11.3 Å². The van der Waals surface area contributed by atoms with Gasteiger partial charge in [-0.1, -0.05) is 58.0 Å². The van der Waals surface area contributed by atoms with E-state index in [9.17, 15) is 9.90 Å². The van der Waals surface area contributed by atoms with E-state index in [0.29, 0.717) is 5.56 Å². The molecule has 2 atom stereocenters. The van der Waals surface area contributed by atoms with Crippen LogP contribution in [0.25, 0.3) is 0 Å². The van der Waals surface area contributed by atoms with Gasteiger partial charge in [0, 0.05) is 12.1 Å². The van der Waals surface area contributed by atoms with Crippen molar-refractivity contribution in [2.24, 2.45) is 5.41 Å². The third-order valence-corrected chi connectivity index (χ3v) is 5.24. The lowest BCUT2D eigenvalue weighted by molar-refractivity contribution is 0.0697. The summed E-state index contributed by atoms with van der Waals surface area (Å²) in [5.41, 5.74) is 3.46. The van der Waals surface area contributed by atoms with Gasteiger partial charge < -0.3 is 9.84 Å². The van der Waals surface area contributed by atoms with Crippen LogP contribution in [0.4, 0.5) is 0 Å². The molecule has 0 amide bonds. The molecule has 2 aromatic carbocycles. The van der Waals surface area contributed by atoms with Crippen LogP contribution in [-0.4, -0.2) is 16.1 Å². The van der Waals surface area contributed by atoms with Gasteiger partial charge in [0.15, 0.2) is 0 Å². The van der Waals surface area contributed by atoms with Crippen molar-refractivity contribution in [3.63, 3.8) is 0 Å². The van der Waals surface area contributed by atoms with Crippen LogP contribution in [0.15, 0.2) is 72.9 Å². The van der Waals surface area contributed by atoms with Gasteiger partial charge in [-0.3, -0.25) is 4.98 Å². The van der Waals surface area contributed by atoms with Crippen LogP contribution in [-0.2, 0) is 0 Å². The van der Waals surface area contributed by atoms with E-state index in [1.54, 1.807) is 18.3 Å². The minimum Gasteiger partial charge on any atom is -0.484 e. The molecule has 1 heterocycles. The first-order valence-electron chi connectivity index (χ1n) is 10.3. The number of pyridine rings is 1. The summed E-state index contributed by atoms with van der Waals surface area (Å²) < 4.78 is 6.19. The van der Waals surface area contributed by atoms with Crippen molar-refractivity contribution in [2.75, 3.05) is 0 Å². The lowest BCUT2D eigenvalue weighted by Gasteiger charge is -2.32. The highest BCUT2D eigenvalue weighted by atomic mass is 16.5. The number of carboxylic acids is 1. The lowest BCUT2D eigenvalue weighted by atomic mass is 9.72. The van der Waals surface area contributed by atoms with E-state index in [2.05, 4.69) is 44.8 Å². The summed E-state index contributed by atoms with van der Waals surface area (Å²) >= 11 is 0. The quantitative estimate of drug-likeness (QED) is 0.490. The molecular weight excluding hydrogens is 374 g/mol. The number of benzene rings is 2. The molecular formula is C26H29NO3. The number of carbonyl (C=O) groups is 1. The zero-order chi connectivity index (χ0) is 21.7. The number of aromatic nitrogens is 1. The first-order valence-corrected chi connectivity index (χ1v) is 10.3. The number of hydrogen-bond acceptors (Lipinski definition) is 3.